The van der Waals surface area contributed by atoms with Crippen LogP contribution in [0.4, 0.5) is 0 Å². The number of carbonyl (C=O) groups is 1. The number of likely N-dealkylation sites (tertiary alicyclic amines) is 2. The fraction of sp³-hybridized carbons (Fsp3) is 0.632. The lowest BCUT2D eigenvalue weighted by Gasteiger charge is -2.50. The van der Waals surface area contributed by atoms with Gasteiger partial charge in [-0.3, -0.25) is 4.79 Å². The zero-order chi connectivity index (χ0) is 16.7. The Morgan fingerprint density at radius 3 is 2.43 bits per heavy atom. The number of carbonyl (C=O) groups excluding carboxylic acids is 1. The Morgan fingerprint density at radius 2 is 1.83 bits per heavy atom. The predicted octanol–water partition coefficient (Wildman–Crippen LogP) is 3.46. The maximum absolute atomic E-state index is 12.5. The minimum absolute atomic E-state index is 0.249. The van der Waals surface area contributed by atoms with Crippen molar-refractivity contribution in [2.45, 2.75) is 33.6 Å². The van der Waals surface area contributed by atoms with Gasteiger partial charge in [0.1, 0.15) is 0 Å². The maximum Gasteiger partial charge on any atom is 0.227 e. The molecule has 1 aromatic rings. The van der Waals surface area contributed by atoms with Gasteiger partial charge in [0.2, 0.25) is 5.91 Å². The molecule has 0 saturated carbocycles. The molecule has 0 N–H and O–H groups in total. The number of halogens is 1. The van der Waals surface area contributed by atoms with Gasteiger partial charge in [0.15, 0.2) is 0 Å². The molecule has 4 heteroatoms. The fourth-order valence-electron chi connectivity index (χ4n) is 3.98. The number of hydrogen-bond donors (Lipinski definition) is 0. The molecule has 0 unspecified atom stereocenters. The Labute approximate surface area is 144 Å². The summed E-state index contributed by atoms with van der Waals surface area (Å²) in [5.74, 6) is 0.249. The molecule has 0 bridgehead atoms. The molecule has 2 aliphatic rings. The molecule has 1 spiro atoms. The number of hydrogen-bond acceptors (Lipinski definition) is 2. The molecule has 23 heavy (non-hydrogen) atoms. The molecular formula is C19H27ClN2O. The summed E-state index contributed by atoms with van der Waals surface area (Å²) < 4.78 is 0. The fourth-order valence-corrected chi connectivity index (χ4v) is 4.11. The smallest absolute Gasteiger partial charge is 0.227 e. The summed E-state index contributed by atoms with van der Waals surface area (Å²) in [5.41, 5.74) is 1.76. The second kappa shape index (κ2) is 6.10. The van der Waals surface area contributed by atoms with Gasteiger partial charge in [0.05, 0.1) is 6.42 Å². The van der Waals surface area contributed by atoms with Gasteiger partial charge < -0.3 is 9.80 Å². The molecule has 2 heterocycles. The molecule has 0 aromatic heterocycles. The van der Waals surface area contributed by atoms with Gasteiger partial charge in [-0.05, 0) is 29.5 Å². The minimum Gasteiger partial charge on any atom is -0.342 e. The third-order valence-corrected chi connectivity index (χ3v) is 5.13. The van der Waals surface area contributed by atoms with Crippen molar-refractivity contribution >= 4 is 17.5 Å². The van der Waals surface area contributed by atoms with Gasteiger partial charge in [0, 0.05) is 43.2 Å². The van der Waals surface area contributed by atoms with Gasteiger partial charge in [-0.1, -0.05) is 44.5 Å². The van der Waals surface area contributed by atoms with Crippen LogP contribution in [-0.2, 0) is 11.2 Å². The van der Waals surface area contributed by atoms with E-state index in [2.05, 4.69) is 30.6 Å². The zero-order valence-electron chi connectivity index (χ0n) is 14.4. The van der Waals surface area contributed by atoms with Crippen LogP contribution >= 0.6 is 11.6 Å². The zero-order valence-corrected chi connectivity index (χ0v) is 15.2. The molecule has 0 atom stereocenters. The van der Waals surface area contributed by atoms with Crippen LogP contribution in [0.25, 0.3) is 0 Å². The summed E-state index contributed by atoms with van der Waals surface area (Å²) in [6, 6.07) is 7.60. The van der Waals surface area contributed by atoms with Crippen molar-refractivity contribution in [3.05, 3.63) is 34.9 Å². The summed E-state index contributed by atoms with van der Waals surface area (Å²) in [7, 11) is 0. The van der Waals surface area contributed by atoms with E-state index in [9.17, 15) is 4.79 Å². The second-order valence-corrected chi connectivity index (χ2v) is 9.01. The number of nitrogens with zero attached hydrogens (tertiary/aromatic N) is 2. The van der Waals surface area contributed by atoms with Gasteiger partial charge in [-0.2, -0.15) is 0 Å². The van der Waals surface area contributed by atoms with E-state index in [0.29, 0.717) is 17.3 Å². The van der Waals surface area contributed by atoms with Crippen molar-refractivity contribution in [2.24, 2.45) is 10.8 Å². The first-order chi connectivity index (χ1) is 10.7. The van der Waals surface area contributed by atoms with Crippen LogP contribution in [0, 0.1) is 10.8 Å². The monoisotopic (exact) mass is 334 g/mol. The van der Waals surface area contributed by atoms with Crippen molar-refractivity contribution in [2.75, 3.05) is 32.7 Å². The minimum atomic E-state index is 0.249. The van der Waals surface area contributed by atoms with Crippen LogP contribution in [0.5, 0.6) is 0 Å². The summed E-state index contributed by atoms with van der Waals surface area (Å²) in [6.45, 7) is 12.1. The molecule has 2 fully saturated rings. The topological polar surface area (TPSA) is 23.6 Å². The molecule has 3 nitrogen and oxygen atoms in total. The van der Waals surface area contributed by atoms with E-state index in [1.54, 1.807) is 0 Å². The normalized spacial score (nSPS) is 20.8. The standard InChI is InChI=1S/C19H27ClN2O/c1-18(2,3)11-21-12-19(13-21)8-9-22(14-19)17(23)10-15-4-6-16(20)7-5-15/h4-7H,8-14H2,1-3H3. The Kier molecular flexibility index (Phi) is 4.45. The lowest BCUT2D eigenvalue weighted by atomic mass is 9.77. The predicted molar refractivity (Wildman–Crippen MR) is 94.7 cm³/mol. The van der Waals surface area contributed by atoms with Crippen LogP contribution in [0.1, 0.15) is 32.8 Å². The lowest BCUT2D eigenvalue weighted by molar-refractivity contribution is -0.130. The van der Waals surface area contributed by atoms with Gasteiger partial charge >= 0.3 is 0 Å². The highest BCUT2D eigenvalue weighted by molar-refractivity contribution is 6.30. The van der Waals surface area contributed by atoms with Crippen molar-refractivity contribution in [3.63, 3.8) is 0 Å². The summed E-state index contributed by atoms with van der Waals surface area (Å²) in [5, 5.41) is 0.717. The maximum atomic E-state index is 12.5. The largest absolute Gasteiger partial charge is 0.342 e. The van der Waals surface area contributed by atoms with Crippen LogP contribution < -0.4 is 0 Å². The molecule has 126 valence electrons. The SMILES string of the molecule is CC(C)(C)CN1CC2(CCN(C(=O)Cc3ccc(Cl)cc3)C2)C1. The molecule has 1 amide bonds. The van der Waals surface area contributed by atoms with E-state index in [1.807, 2.05) is 24.3 Å². The third kappa shape index (κ3) is 4.07. The van der Waals surface area contributed by atoms with E-state index >= 15 is 0 Å². The summed E-state index contributed by atoms with van der Waals surface area (Å²) >= 11 is 5.90. The lowest BCUT2D eigenvalue weighted by Crippen LogP contribution is -2.59. The highest BCUT2D eigenvalue weighted by atomic mass is 35.5. The van der Waals surface area contributed by atoms with Gasteiger partial charge in [-0.15, -0.1) is 0 Å². The molecule has 3 rings (SSSR count). The van der Waals surface area contributed by atoms with Crippen molar-refractivity contribution in [3.8, 4) is 0 Å². The molecule has 2 aliphatic heterocycles. The highest BCUT2D eigenvalue weighted by Crippen LogP contribution is 2.40. The van der Waals surface area contributed by atoms with E-state index in [4.69, 9.17) is 11.6 Å². The van der Waals surface area contributed by atoms with Crippen LogP contribution in [0.15, 0.2) is 24.3 Å². The average molecular weight is 335 g/mol. The third-order valence-electron chi connectivity index (χ3n) is 4.88. The number of rotatable bonds is 3. The summed E-state index contributed by atoms with van der Waals surface area (Å²) in [6.07, 6.45) is 1.64. The van der Waals surface area contributed by atoms with E-state index in [1.165, 1.54) is 0 Å². The van der Waals surface area contributed by atoms with Crippen molar-refractivity contribution < 1.29 is 4.79 Å². The van der Waals surface area contributed by atoms with E-state index in [-0.39, 0.29) is 5.91 Å². The van der Waals surface area contributed by atoms with Gasteiger partial charge in [-0.25, -0.2) is 0 Å². The molecule has 1 aromatic carbocycles. The number of benzene rings is 1. The van der Waals surface area contributed by atoms with Crippen LogP contribution in [0.3, 0.4) is 0 Å². The molecular weight excluding hydrogens is 308 g/mol. The highest BCUT2D eigenvalue weighted by Gasteiger charge is 2.48. The second-order valence-electron chi connectivity index (χ2n) is 8.57. The molecule has 0 aliphatic carbocycles. The Hall–Kier alpha value is -1.06. The first kappa shape index (κ1) is 16.8. The first-order valence-electron chi connectivity index (χ1n) is 8.49. The van der Waals surface area contributed by atoms with E-state index < -0.39 is 0 Å². The molecule has 0 radical (unpaired) electrons. The van der Waals surface area contributed by atoms with Gasteiger partial charge in [0.25, 0.3) is 0 Å². The van der Waals surface area contributed by atoms with E-state index in [0.717, 1.165) is 49.7 Å². The Bertz CT molecular complexity index is 570. The molecule has 2 saturated heterocycles. The van der Waals surface area contributed by atoms with Crippen LogP contribution in [-0.4, -0.2) is 48.4 Å². The first-order valence-corrected chi connectivity index (χ1v) is 8.87. The quantitative estimate of drug-likeness (QED) is 0.845. The average Bonchev–Trinajstić information content (AvgIpc) is 2.84. The van der Waals surface area contributed by atoms with Crippen LogP contribution in [0.2, 0.25) is 5.02 Å². The Balaban J connectivity index is 1.50. The summed E-state index contributed by atoms with van der Waals surface area (Å²) in [4.78, 5) is 17.1. The Morgan fingerprint density at radius 1 is 1.17 bits per heavy atom. The van der Waals surface area contributed by atoms with Crippen molar-refractivity contribution in [1.82, 2.24) is 9.80 Å². The number of amides is 1. The van der Waals surface area contributed by atoms with Crippen molar-refractivity contribution in [1.29, 1.82) is 0 Å².